The van der Waals surface area contributed by atoms with Gasteiger partial charge in [-0.2, -0.15) is 0 Å². The topological polar surface area (TPSA) is 12.0 Å². The van der Waals surface area contributed by atoms with E-state index in [1.807, 2.05) is 12.1 Å². The molecule has 15 heavy (non-hydrogen) atoms. The highest BCUT2D eigenvalue weighted by Crippen LogP contribution is 2.35. The molecule has 1 aromatic carbocycles. The van der Waals surface area contributed by atoms with Crippen molar-refractivity contribution in [3.63, 3.8) is 0 Å². The summed E-state index contributed by atoms with van der Waals surface area (Å²) >= 11 is 6.00. The molecule has 3 heteroatoms. The predicted octanol–water partition coefficient (Wildman–Crippen LogP) is 3.41. The van der Waals surface area contributed by atoms with Crippen LogP contribution >= 0.6 is 11.6 Å². The van der Waals surface area contributed by atoms with E-state index in [1.54, 1.807) is 6.07 Å². The first kappa shape index (κ1) is 10.9. The summed E-state index contributed by atoms with van der Waals surface area (Å²) in [6.45, 7) is 2.62. The summed E-state index contributed by atoms with van der Waals surface area (Å²) in [6.07, 6.45) is 2.18. The monoisotopic (exact) mass is 227 g/mol. The van der Waals surface area contributed by atoms with Crippen LogP contribution in [0.4, 0.5) is 4.39 Å². The van der Waals surface area contributed by atoms with E-state index in [-0.39, 0.29) is 5.54 Å². The Morgan fingerprint density at radius 1 is 1.53 bits per heavy atom. The van der Waals surface area contributed by atoms with Gasteiger partial charge in [0.2, 0.25) is 0 Å². The molecule has 0 aromatic heterocycles. The molecule has 1 nitrogen and oxygen atoms in total. The van der Waals surface area contributed by atoms with Crippen molar-refractivity contribution in [1.82, 2.24) is 5.32 Å². The number of alkyl halides is 1. The third-order valence-corrected chi connectivity index (χ3v) is 3.57. The molecule has 82 valence electrons. The molecule has 0 saturated carbocycles. The lowest BCUT2D eigenvalue weighted by Gasteiger charge is -2.27. The Morgan fingerprint density at radius 2 is 2.33 bits per heavy atom. The Labute approximate surface area is 94.6 Å². The lowest BCUT2D eigenvalue weighted by atomic mass is 9.87. The van der Waals surface area contributed by atoms with E-state index in [2.05, 4.69) is 12.2 Å². The summed E-state index contributed by atoms with van der Waals surface area (Å²) in [4.78, 5) is 0. The van der Waals surface area contributed by atoms with Crippen molar-refractivity contribution < 1.29 is 4.39 Å². The number of hydrogen-bond donors (Lipinski definition) is 1. The quantitative estimate of drug-likeness (QED) is 0.817. The first-order valence-electron chi connectivity index (χ1n) is 5.26. The van der Waals surface area contributed by atoms with Crippen LogP contribution in [0.5, 0.6) is 0 Å². The van der Waals surface area contributed by atoms with Gasteiger partial charge >= 0.3 is 0 Å². The van der Waals surface area contributed by atoms with Crippen LogP contribution in [0.15, 0.2) is 18.2 Å². The van der Waals surface area contributed by atoms with Crippen molar-refractivity contribution in [1.29, 1.82) is 0 Å². The second-order valence-corrected chi connectivity index (χ2v) is 4.67. The first-order valence-corrected chi connectivity index (χ1v) is 5.64. The highest BCUT2D eigenvalue weighted by Gasteiger charge is 2.32. The minimum Gasteiger partial charge on any atom is -0.308 e. The second-order valence-electron chi connectivity index (χ2n) is 4.26. The maximum Gasteiger partial charge on any atom is 0.116 e. The van der Waals surface area contributed by atoms with Crippen LogP contribution in [0.2, 0.25) is 5.02 Å². The van der Waals surface area contributed by atoms with Crippen LogP contribution < -0.4 is 5.32 Å². The summed E-state index contributed by atoms with van der Waals surface area (Å²) in [6, 6.07) is 5.61. The Bertz CT molecular complexity index is 359. The van der Waals surface area contributed by atoms with E-state index in [0.29, 0.717) is 10.6 Å². The smallest absolute Gasteiger partial charge is 0.116 e. The Morgan fingerprint density at radius 3 is 2.93 bits per heavy atom. The number of benzene rings is 1. The molecular formula is C12H15ClFN. The third-order valence-electron chi connectivity index (χ3n) is 3.22. The van der Waals surface area contributed by atoms with Gasteiger partial charge in [0.15, 0.2) is 0 Å². The fourth-order valence-corrected chi connectivity index (χ4v) is 2.56. The van der Waals surface area contributed by atoms with Gasteiger partial charge in [-0.3, -0.25) is 0 Å². The Balaban J connectivity index is 2.47. The molecule has 0 radical (unpaired) electrons. The van der Waals surface area contributed by atoms with Crippen LogP contribution in [-0.4, -0.2) is 6.54 Å². The van der Waals surface area contributed by atoms with Gasteiger partial charge in [0.1, 0.15) is 6.67 Å². The summed E-state index contributed by atoms with van der Waals surface area (Å²) in [7, 11) is 0. The molecule has 0 bridgehead atoms. The summed E-state index contributed by atoms with van der Waals surface area (Å²) in [5.41, 5.74) is 1.54. The SMILES string of the molecule is CC1(c2cccc(Cl)c2CF)CCCN1. The largest absolute Gasteiger partial charge is 0.308 e. The molecule has 1 N–H and O–H groups in total. The van der Waals surface area contributed by atoms with E-state index in [4.69, 9.17) is 11.6 Å². The average Bonchev–Trinajstić information content (AvgIpc) is 2.66. The van der Waals surface area contributed by atoms with Crippen molar-refractivity contribution in [3.05, 3.63) is 34.3 Å². The molecule has 0 amide bonds. The molecule has 1 saturated heterocycles. The Hall–Kier alpha value is -0.600. The van der Waals surface area contributed by atoms with Crippen molar-refractivity contribution in [2.45, 2.75) is 32.0 Å². The zero-order valence-electron chi connectivity index (χ0n) is 8.82. The first-order chi connectivity index (χ1) is 7.17. The fraction of sp³-hybridized carbons (Fsp3) is 0.500. The van der Waals surface area contributed by atoms with Gasteiger partial charge in [0, 0.05) is 16.1 Å². The molecule has 1 atom stereocenters. The maximum absolute atomic E-state index is 13.0. The van der Waals surface area contributed by atoms with E-state index < -0.39 is 6.67 Å². The zero-order valence-corrected chi connectivity index (χ0v) is 9.57. The van der Waals surface area contributed by atoms with Crippen LogP contribution in [0.3, 0.4) is 0 Å². The maximum atomic E-state index is 13.0. The minimum absolute atomic E-state index is 0.105. The standard InChI is InChI=1S/C12H15ClFN/c1-12(6-3-7-15-12)10-4-2-5-11(13)9(10)8-14/h2,4-5,15H,3,6-8H2,1H3. The van der Waals surface area contributed by atoms with Crippen molar-refractivity contribution in [3.8, 4) is 0 Å². The van der Waals surface area contributed by atoms with Gasteiger partial charge < -0.3 is 5.32 Å². The molecule has 1 unspecified atom stereocenters. The van der Waals surface area contributed by atoms with Crippen molar-refractivity contribution >= 4 is 11.6 Å². The van der Waals surface area contributed by atoms with E-state index in [1.165, 1.54) is 0 Å². The summed E-state index contributed by atoms with van der Waals surface area (Å²) in [5.74, 6) is 0. The van der Waals surface area contributed by atoms with E-state index in [0.717, 1.165) is 24.9 Å². The number of halogens is 2. The summed E-state index contributed by atoms with van der Waals surface area (Å²) in [5, 5.41) is 3.96. The second kappa shape index (κ2) is 4.11. The fourth-order valence-electron chi connectivity index (χ4n) is 2.34. The van der Waals surface area contributed by atoms with Gasteiger partial charge in [-0.05, 0) is 37.9 Å². The number of hydrogen-bond acceptors (Lipinski definition) is 1. The molecule has 0 spiro atoms. The summed E-state index contributed by atoms with van der Waals surface area (Å²) < 4.78 is 13.0. The molecule has 1 fully saturated rings. The highest BCUT2D eigenvalue weighted by molar-refractivity contribution is 6.31. The normalized spacial score (nSPS) is 25.8. The highest BCUT2D eigenvalue weighted by atomic mass is 35.5. The van der Waals surface area contributed by atoms with Crippen LogP contribution in [0, 0.1) is 0 Å². The number of rotatable bonds is 2. The van der Waals surface area contributed by atoms with Crippen LogP contribution in [-0.2, 0) is 12.2 Å². The van der Waals surface area contributed by atoms with Crippen molar-refractivity contribution in [2.24, 2.45) is 0 Å². The zero-order chi connectivity index (χ0) is 10.9. The molecule has 1 aromatic rings. The van der Waals surface area contributed by atoms with Gasteiger partial charge in [-0.25, -0.2) is 4.39 Å². The number of nitrogens with one attached hydrogen (secondary N) is 1. The average molecular weight is 228 g/mol. The van der Waals surface area contributed by atoms with Crippen LogP contribution in [0.25, 0.3) is 0 Å². The van der Waals surface area contributed by atoms with Gasteiger partial charge in [-0.15, -0.1) is 0 Å². The third kappa shape index (κ3) is 1.88. The van der Waals surface area contributed by atoms with E-state index >= 15 is 0 Å². The Kier molecular flexibility index (Phi) is 2.98. The molecule has 1 aliphatic rings. The van der Waals surface area contributed by atoms with Crippen LogP contribution in [0.1, 0.15) is 30.9 Å². The lowest BCUT2D eigenvalue weighted by molar-refractivity contribution is 0.414. The molecule has 1 heterocycles. The predicted molar refractivity (Wildman–Crippen MR) is 60.9 cm³/mol. The molecule has 1 aliphatic heterocycles. The van der Waals surface area contributed by atoms with Gasteiger partial charge in [-0.1, -0.05) is 23.7 Å². The molecular weight excluding hydrogens is 213 g/mol. The lowest BCUT2D eigenvalue weighted by Crippen LogP contribution is -2.34. The minimum atomic E-state index is -0.494. The molecule has 0 aliphatic carbocycles. The van der Waals surface area contributed by atoms with Crippen molar-refractivity contribution in [2.75, 3.05) is 6.54 Å². The van der Waals surface area contributed by atoms with Gasteiger partial charge in [0.25, 0.3) is 0 Å². The molecule has 2 rings (SSSR count). The van der Waals surface area contributed by atoms with Gasteiger partial charge in [0.05, 0.1) is 0 Å². The van der Waals surface area contributed by atoms with E-state index in [9.17, 15) is 4.39 Å².